The molecule has 158 valence electrons. The lowest BCUT2D eigenvalue weighted by atomic mass is 10.0. The van der Waals surface area contributed by atoms with E-state index in [1.165, 1.54) is 12.1 Å². The molecule has 0 heterocycles. The van der Waals surface area contributed by atoms with Gasteiger partial charge in [0.1, 0.15) is 11.6 Å². The summed E-state index contributed by atoms with van der Waals surface area (Å²) in [6.45, 7) is 13.2. The lowest BCUT2D eigenvalue weighted by Gasteiger charge is -2.14. The van der Waals surface area contributed by atoms with Gasteiger partial charge in [0.25, 0.3) is 5.91 Å². The van der Waals surface area contributed by atoms with Gasteiger partial charge in [-0.1, -0.05) is 18.7 Å². The summed E-state index contributed by atoms with van der Waals surface area (Å²) in [5, 5.41) is 7.22. The van der Waals surface area contributed by atoms with Crippen molar-refractivity contribution < 1.29 is 13.9 Å². The number of hydrogen-bond acceptors (Lipinski definition) is 4. The summed E-state index contributed by atoms with van der Waals surface area (Å²) in [5.41, 5.74) is 7.51. The average molecular weight is 410 g/mol. The average Bonchev–Trinajstić information content (AvgIpc) is 2.69. The van der Waals surface area contributed by atoms with E-state index in [9.17, 15) is 9.18 Å². The number of hydrazone groups is 1. The standard InChI is InChI=1S/C24H28FN3O2/c1-7-22(30-15(2)3)14-26-24(29)20-11-16(4)23(17(5)12-20)28-27-18(6)19-9-8-10-21(25)13-19/h7-13,28H,2,14H2,1,3-6H3,(H,26,29)/b22-7-,27-18+. The Kier molecular flexibility index (Phi) is 7.92. The second kappa shape index (κ2) is 10.4. The molecule has 2 rings (SSSR count). The van der Waals surface area contributed by atoms with Crippen molar-refractivity contribution >= 4 is 17.3 Å². The molecule has 5 nitrogen and oxygen atoms in total. The highest BCUT2D eigenvalue weighted by Crippen LogP contribution is 2.23. The second-order valence-electron chi connectivity index (χ2n) is 7.05. The van der Waals surface area contributed by atoms with Crippen LogP contribution in [0.5, 0.6) is 0 Å². The van der Waals surface area contributed by atoms with Crippen molar-refractivity contribution in [2.75, 3.05) is 12.0 Å². The molecule has 0 fully saturated rings. The van der Waals surface area contributed by atoms with Gasteiger partial charge in [0.05, 0.1) is 23.7 Å². The number of rotatable bonds is 8. The second-order valence-corrected chi connectivity index (χ2v) is 7.05. The van der Waals surface area contributed by atoms with Crippen LogP contribution in [0.3, 0.4) is 0 Å². The predicted molar refractivity (Wildman–Crippen MR) is 120 cm³/mol. The topological polar surface area (TPSA) is 62.7 Å². The molecule has 0 saturated carbocycles. The fourth-order valence-electron chi connectivity index (χ4n) is 2.88. The van der Waals surface area contributed by atoms with Gasteiger partial charge < -0.3 is 10.1 Å². The summed E-state index contributed by atoms with van der Waals surface area (Å²) in [5.74, 6) is 0.689. The van der Waals surface area contributed by atoms with Crippen LogP contribution in [-0.4, -0.2) is 18.2 Å². The molecule has 0 radical (unpaired) electrons. The highest BCUT2D eigenvalue weighted by molar-refractivity contribution is 5.99. The first-order chi connectivity index (χ1) is 14.2. The van der Waals surface area contributed by atoms with E-state index in [0.717, 1.165) is 16.8 Å². The molecule has 0 aliphatic rings. The maximum atomic E-state index is 13.4. The van der Waals surface area contributed by atoms with Crippen LogP contribution in [0, 0.1) is 19.7 Å². The maximum absolute atomic E-state index is 13.4. The molecule has 30 heavy (non-hydrogen) atoms. The molecule has 0 aliphatic heterocycles. The van der Waals surface area contributed by atoms with Crippen LogP contribution in [0.1, 0.15) is 47.8 Å². The van der Waals surface area contributed by atoms with E-state index in [1.807, 2.05) is 20.8 Å². The number of nitrogens with one attached hydrogen (secondary N) is 2. The predicted octanol–water partition coefficient (Wildman–Crippen LogP) is 5.46. The fraction of sp³-hybridized carbons (Fsp3) is 0.250. The van der Waals surface area contributed by atoms with Gasteiger partial charge in [-0.15, -0.1) is 0 Å². The Balaban J connectivity index is 2.12. The summed E-state index contributed by atoms with van der Waals surface area (Å²) in [4.78, 5) is 12.5. The van der Waals surface area contributed by atoms with Crippen LogP contribution in [0.4, 0.5) is 10.1 Å². The lowest BCUT2D eigenvalue weighted by molar-refractivity contribution is 0.0950. The number of aryl methyl sites for hydroxylation is 2. The minimum absolute atomic E-state index is 0.197. The molecule has 6 heteroatoms. The number of hydrogen-bond donors (Lipinski definition) is 2. The minimum Gasteiger partial charge on any atom is -0.465 e. The smallest absolute Gasteiger partial charge is 0.251 e. The first kappa shape index (κ1) is 22.9. The first-order valence-electron chi connectivity index (χ1n) is 9.65. The first-order valence-corrected chi connectivity index (χ1v) is 9.65. The minimum atomic E-state index is -0.306. The van der Waals surface area contributed by atoms with E-state index in [2.05, 4.69) is 22.4 Å². The quantitative estimate of drug-likeness (QED) is 0.346. The third kappa shape index (κ3) is 6.30. The van der Waals surface area contributed by atoms with Gasteiger partial charge in [0.2, 0.25) is 0 Å². The molecule has 0 saturated heterocycles. The third-order valence-electron chi connectivity index (χ3n) is 4.42. The Morgan fingerprint density at radius 3 is 2.40 bits per heavy atom. The summed E-state index contributed by atoms with van der Waals surface area (Å²) in [6, 6.07) is 9.87. The van der Waals surface area contributed by atoms with Crippen LogP contribution in [0.2, 0.25) is 0 Å². The molecule has 0 atom stereocenters. The molecule has 0 aliphatic carbocycles. The number of benzene rings is 2. The van der Waals surface area contributed by atoms with Crippen LogP contribution in [-0.2, 0) is 4.74 Å². The van der Waals surface area contributed by atoms with Gasteiger partial charge in [0, 0.05) is 11.1 Å². The number of halogens is 1. The highest BCUT2D eigenvalue weighted by Gasteiger charge is 2.12. The summed E-state index contributed by atoms with van der Waals surface area (Å²) in [7, 11) is 0. The highest BCUT2D eigenvalue weighted by atomic mass is 19.1. The van der Waals surface area contributed by atoms with E-state index in [1.54, 1.807) is 44.2 Å². The van der Waals surface area contributed by atoms with Gasteiger partial charge in [-0.05, 0) is 76.1 Å². The monoisotopic (exact) mass is 409 g/mol. The molecule has 0 aromatic heterocycles. The van der Waals surface area contributed by atoms with Crippen LogP contribution < -0.4 is 10.7 Å². The van der Waals surface area contributed by atoms with E-state index < -0.39 is 0 Å². The van der Waals surface area contributed by atoms with Gasteiger partial charge in [0.15, 0.2) is 0 Å². The van der Waals surface area contributed by atoms with E-state index >= 15 is 0 Å². The van der Waals surface area contributed by atoms with Crippen molar-refractivity contribution in [3.8, 4) is 0 Å². The van der Waals surface area contributed by atoms with E-state index in [-0.39, 0.29) is 18.3 Å². The SMILES string of the molecule is C=C(C)O/C(=C\C)CNC(=O)c1cc(C)c(N/N=C(\C)c2cccc(F)c2)c(C)c1. The van der Waals surface area contributed by atoms with Crippen molar-refractivity contribution in [2.24, 2.45) is 5.10 Å². The molecule has 0 unspecified atom stereocenters. The number of carbonyl (C=O) groups excluding carboxylic acids is 1. The maximum Gasteiger partial charge on any atom is 0.251 e. The normalized spacial score (nSPS) is 11.8. The number of nitrogens with zero attached hydrogens (tertiary/aromatic N) is 1. The van der Waals surface area contributed by atoms with Crippen molar-refractivity contribution in [1.29, 1.82) is 0 Å². The molecular formula is C24H28FN3O2. The molecule has 1 amide bonds. The Hall–Kier alpha value is -3.41. The number of ether oxygens (including phenoxy) is 1. The lowest BCUT2D eigenvalue weighted by Crippen LogP contribution is -2.26. The Labute approximate surface area is 177 Å². The Morgan fingerprint density at radius 1 is 1.17 bits per heavy atom. The van der Waals surface area contributed by atoms with Crippen LogP contribution >= 0.6 is 0 Å². The number of allylic oxidation sites excluding steroid dienone is 2. The largest absolute Gasteiger partial charge is 0.465 e. The molecule has 2 N–H and O–H groups in total. The van der Waals surface area contributed by atoms with Crippen molar-refractivity contribution in [3.63, 3.8) is 0 Å². The van der Waals surface area contributed by atoms with Gasteiger partial charge in [-0.25, -0.2) is 4.39 Å². The van der Waals surface area contributed by atoms with Crippen molar-refractivity contribution in [1.82, 2.24) is 5.32 Å². The number of anilines is 1. The molecule has 0 spiro atoms. The van der Waals surface area contributed by atoms with Gasteiger partial charge >= 0.3 is 0 Å². The van der Waals surface area contributed by atoms with Crippen LogP contribution in [0.25, 0.3) is 0 Å². The summed E-state index contributed by atoms with van der Waals surface area (Å²) >= 11 is 0. The van der Waals surface area contributed by atoms with Crippen molar-refractivity contribution in [2.45, 2.75) is 34.6 Å². The fourth-order valence-corrected chi connectivity index (χ4v) is 2.88. The Morgan fingerprint density at radius 2 is 1.83 bits per heavy atom. The third-order valence-corrected chi connectivity index (χ3v) is 4.42. The van der Waals surface area contributed by atoms with Crippen LogP contribution in [0.15, 0.2) is 65.7 Å². The van der Waals surface area contributed by atoms with Gasteiger partial charge in [-0.3, -0.25) is 10.2 Å². The zero-order valence-electron chi connectivity index (χ0n) is 18.1. The van der Waals surface area contributed by atoms with E-state index in [4.69, 9.17) is 4.74 Å². The Bertz CT molecular complexity index is 986. The van der Waals surface area contributed by atoms with E-state index in [0.29, 0.717) is 28.4 Å². The zero-order chi connectivity index (χ0) is 22.3. The number of amides is 1. The molecule has 0 bridgehead atoms. The van der Waals surface area contributed by atoms with Gasteiger partial charge in [-0.2, -0.15) is 5.10 Å². The number of carbonyl (C=O) groups is 1. The summed E-state index contributed by atoms with van der Waals surface area (Å²) in [6.07, 6.45) is 1.79. The summed E-state index contributed by atoms with van der Waals surface area (Å²) < 4.78 is 18.9. The molecule has 2 aromatic carbocycles. The van der Waals surface area contributed by atoms with Crippen molar-refractivity contribution in [3.05, 3.63) is 88.6 Å². The molecule has 2 aromatic rings. The molecular weight excluding hydrogens is 381 g/mol. The zero-order valence-corrected chi connectivity index (χ0v) is 18.1.